The molecular weight excluding hydrogens is 196 g/mol. The lowest BCUT2D eigenvalue weighted by molar-refractivity contribution is 0.166. The first-order chi connectivity index (χ1) is 7.76. The highest BCUT2D eigenvalue weighted by atomic mass is 16.3. The molecule has 1 heteroatoms. The minimum absolute atomic E-state index is 0.228. The summed E-state index contributed by atoms with van der Waals surface area (Å²) in [5, 5.41) is 10.1. The van der Waals surface area contributed by atoms with Crippen LogP contribution in [0.3, 0.4) is 0 Å². The van der Waals surface area contributed by atoms with Gasteiger partial charge in [0.25, 0.3) is 0 Å². The summed E-state index contributed by atoms with van der Waals surface area (Å²) >= 11 is 0. The number of aryl methyl sites for hydroxylation is 3. The third-order valence-corrected chi connectivity index (χ3v) is 3.76. The van der Waals surface area contributed by atoms with Crippen LogP contribution in [0.1, 0.15) is 61.5 Å². The Morgan fingerprint density at radius 3 is 2.50 bits per heavy atom. The van der Waals surface area contributed by atoms with E-state index < -0.39 is 0 Å². The molecule has 1 aliphatic carbocycles. The Morgan fingerprint density at radius 1 is 1.12 bits per heavy atom. The van der Waals surface area contributed by atoms with Crippen LogP contribution in [-0.2, 0) is 19.3 Å². The molecule has 1 atom stereocenters. The molecule has 0 bridgehead atoms. The van der Waals surface area contributed by atoms with Crippen molar-refractivity contribution in [3.63, 3.8) is 0 Å². The van der Waals surface area contributed by atoms with Crippen molar-refractivity contribution < 1.29 is 5.11 Å². The Hall–Kier alpha value is -0.820. The van der Waals surface area contributed by atoms with E-state index in [4.69, 9.17) is 0 Å². The second-order valence-electron chi connectivity index (χ2n) is 4.79. The van der Waals surface area contributed by atoms with Crippen LogP contribution in [-0.4, -0.2) is 5.11 Å². The van der Waals surface area contributed by atoms with E-state index in [9.17, 15) is 5.11 Å². The summed E-state index contributed by atoms with van der Waals surface area (Å²) in [5.41, 5.74) is 5.48. The highest BCUT2D eigenvalue weighted by Crippen LogP contribution is 2.31. The molecule has 0 heterocycles. The van der Waals surface area contributed by atoms with Gasteiger partial charge in [-0.15, -0.1) is 0 Å². The van der Waals surface area contributed by atoms with Gasteiger partial charge in [0.2, 0.25) is 0 Å². The number of hydrogen-bond acceptors (Lipinski definition) is 1. The van der Waals surface area contributed by atoms with Crippen LogP contribution in [0.15, 0.2) is 12.1 Å². The molecule has 0 saturated carbocycles. The predicted molar refractivity (Wildman–Crippen MR) is 67.7 cm³/mol. The summed E-state index contributed by atoms with van der Waals surface area (Å²) < 4.78 is 0. The fourth-order valence-corrected chi connectivity index (χ4v) is 2.75. The lowest BCUT2D eigenvalue weighted by Gasteiger charge is -2.16. The number of benzene rings is 1. The fraction of sp³-hybridized carbons (Fsp3) is 0.600. The molecule has 1 aromatic carbocycles. The van der Waals surface area contributed by atoms with Gasteiger partial charge in [-0.1, -0.05) is 32.4 Å². The molecular formula is C15H22O. The minimum Gasteiger partial charge on any atom is -0.388 e. The standard InChI is InChI=1S/C15H22O/c1-3-11-9-13-7-5-6-8-15(16)14(13)10-12(11)4-2/h9-10,15-16H,3-8H2,1-2H3. The fourth-order valence-electron chi connectivity index (χ4n) is 2.75. The van der Waals surface area contributed by atoms with Gasteiger partial charge in [0.05, 0.1) is 6.10 Å². The molecule has 0 fully saturated rings. The van der Waals surface area contributed by atoms with E-state index in [-0.39, 0.29) is 6.10 Å². The summed E-state index contributed by atoms with van der Waals surface area (Å²) in [7, 11) is 0. The van der Waals surface area contributed by atoms with Gasteiger partial charge in [0.1, 0.15) is 0 Å². The van der Waals surface area contributed by atoms with Gasteiger partial charge in [-0.05, 0) is 54.4 Å². The maximum absolute atomic E-state index is 10.1. The highest BCUT2D eigenvalue weighted by Gasteiger charge is 2.17. The summed E-state index contributed by atoms with van der Waals surface area (Å²) in [6.07, 6.45) is 6.40. The maximum Gasteiger partial charge on any atom is 0.0792 e. The molecule has 88 valence electrons. The molecule has 1 unspecified atom stereocenters. The molecule has 0 amide bonds. The highest BCUT2D eigenvalue weighted by molar-refractivity contribution is 5.40. The van der Waals surface area contributed by atoms with Crippen LogP contribution in [0, 0.1) is 0 Å². The summed E-state index contributed by atoms with van der Waals surface area (Å²) in [5.74, 6) is 0. The molecule has 0 saturated heterocycles. The second-order valence-corrected chi connectivity index (χ2v) is 4.79. The van der Waals surface area contributed by atoms with Gasteiger partial charge in [-0.3, -0.25) is 0 Å². The number of aliphatic hydroxyl groups excluding tert-OH is 1. The smallest absolute Gasteiger partial charge is 0.0792 e. The third kappa shape index (κ3) is 2.15. The number of rotatable bonds is 2. The van der Waals surface area contributed by atoms with E-state index >= 15 is 0 Å². The van der Waals surface area contributed by atoms with Crippen molar-refractivity contribution >= 4 is 0 Å². The molecule has 1 N–H and O–H groups in total. The van der Waals surface area contributed by atoms with Crippen molar-refractivity contribution in [1.29, 1.82) is 0 Å². The zero-order valence-corrected chi connectivity index (χ0v) is 10.4. The van der Waals surface area contributed by atoms with E-state index in [1.54, 1.807) is 0 Å². The van der Waals surface area contributed by atoms with Gasteiger partial charge in [-0.2, -0.15) is 0 Å². The van der Waals surface area contributed by atoms with Gasteiger partial charge < -0.3 is 5.11 Å². The molecule has 1 nitrogen and oxygen atoms in total. The molecule has 0 aromatic heterocycles. The Morgan fingerprint density at radius 2 is 1.81 bits per heavy atom. The molecule has 0 aliphatic heterocycles. The van der Waals surface area contributed by atoms with Crippen LogP contribution in [0.4, 0.5) is 0 Å². The van der Waals surface area contributed by atoms with Crippen molar-refractivity contribution in [2.75, 3.05) is 0 Å². The Bertz CT molecular complexity index is 368. The van der Waals surface area contributed by atoms with Crippen molar-refractivity contribution in [2.45, 2.75) is 58.5 Å². The van der Waals surface area contributed by atoms with E-state index in [1.807, 2.05) is 0 Å². The van der Waals surface area contributed by atoms with Gasteiger partial charge in [0.15, 0.2) is 0 Å². The number of aliphatic hydroxyl groups is 1. The zero-order chi connectivity index (χ0) is 11.5. The van der Waals surface area contributed by atoms with Gasteiger partial charge in [0, 0.05) is 0 Å². The average Bonchev–Trinajstić information content (AvgIpc) is 2.49. The van der Waals surface area contributed by atoms with Crippen LogP contribution in [0.5, 0.6) is 0 Å². The molecule has 0 radical (unpaired) electrons. The zero-order valence-electron chi connectivity index (χ0n) is 10.4. The minimum atomic E-state index is -0.228. The van der Waals surface area contributed by atoms with Crippen LogP contribution >= 0.6 is 0 Å². The molecule has 0 spiro atoms. The van der Waals surface area contributed by atoms with Crippen molar-refractivity contribution in [3.05, 3.63) is 34.4 Å². The van der Waals surface area contributed by atoms with E-state index in [1.165, 1.54) is 28.7 Å². The van der Waals surface area contributed by atoms with E-state index in [2.05, 4.69) is 26.0 Å². The molecule has 1 aromatic rings. The summed E-state index contributed by atoms with van der Waals surface area (Å²) in [6, 6.07) is 4.59. The predicted octanol–water partition coefficient (Wildman–Crippen LogP) is 3.57. The normalized spacial score (nSPS) is 20.3. The van der Waals surface area contributed by atoms with Crippen LogP contribution in [0.25, 0.3) is 0 Å². The average molecular weight is 218 g/mol. The van der Waals surface area contributed by atoms with E-state index in [0.29, 0.717) is 0 Å². The molecule has 2 rings (SSSR count). The van der Waals surface area contributed by atoms with Crippen molar-refractivity contribution in [2.24, 2.45) is 0 Å². The van der Waals surface area contributed by atoms with Gasteiger partial charge >= 0.3 is 0 Å². The first kappa shape index (κ1) is 11.7. The Kier molecular flexibility index (Phi) is 3.65. The van der Waals surface area contributed by atoms with E-state index in [0.717, 1.165) is 32.1 Å². The topological polar surface area (TPSA) is 20.2 Å². The quantitative estimate of drug-likeness (QED) is 0.752. The lowest BCUT2D eigenvalue weighted by atomic mass is 9.92. The third-order valence-electron chi connectivity index (χ3n) is 3.76. The first-order valence-electron chi connectivity index (χ1n) is 6.58. The molecule has 1 aliphatic rings. The van der Waals surface area contributed by atoms with Crippen molar-refractivity contribution in [1.82, 2.24) is 0 Å². The van der Waals surface area contributed by atoms with Crippen LogP contribution < -0.4 is 0 Å². The lowest BCUT2D eigenvalue weighted by Crippen LogP contribution is -2.03. The first-order valence-corrected chi connectivity index (χ1v) is 6.58. The SMILES string of the molecule is CCc1cc2c(cc1CC)C(O)CCCC2. The maximum atomic E-state index is 10.1. The number of fused-ring (bicyclic) bond motifs is 1. The summed E-state index contributed by atoms with van der Waals surface area (Å²) in [6.45, 7) is 4.41. The Balaban J connectivity index is 2.47. The van der Waals surface area contributed by atoms with Gasteiger partial charge in [-0.25, -0.2) is 0 Å². The largest absolute Gasteiger partial charge is 0.388 e. The van der Waals surface area contributed by atoms with Crippen LogP contribution in [0.2, 0.25) is 0 Å². The van der Waals surface area contributed by atoms with Crippen molar-refractivity contribution in [3.8, 4) is 0 Å². The Labute approximate surface area is 98.5 Å². The number of hydrogen-bond donors (Lipinski definition) is 1. The molecule has 16 heavy (non-hydrogen) atoms. The monoisotopic (exact) mass is 218 g/mol. The summed E-state index contributed by atoms with van der Waals surface area (Å²) in [4.78, 5) is 0. The second kappa shape index (κ2) is 5.01.